The molecular formula is C44H66N8O8. The van der Waals surface area contributed by atoms with Crippen LogP contribution in [0, 0.1) is 16.2 Å². The Morgan fingerprint density at radius 2 is 1.33 bits per heavy atom. The first-order chi connectivity index (χ1) is 28.1. The maximum absolute atomic E-state index is 13.8. The number of primary amides is 1. The predicted molar refractivity (Wildman–Crippen MR) is 229 cm³/mol. The van der Waals surface area contributed by atoms with E-state index in [0.29, 0.717) is 25.3 Å². The molecule has 2 aromatic carbocycles. The molecule has 0 spiro atoms. The Morgan fingerprint density at radius 1 is 0.717 bits per heavy atom. The van der Waals surface area contributed by atoms with Crippen LogP contribution in [0.4, 0.5) is 15.3 Å². The fourth-order valence-electron chi connectivity index (χ4n) is 5.82. The van der Waals surface area contributed by atoms with Gasteiger partial charge in [-0.1, -0.05) is 84.0 Å². The number of anilines is 1. The van der Waals surface area contributed by atoms with Gasteiger partial charge in [0.05, 0.1) is 36.6 Å². The van der Waals surface area contributed by atoms with E-state index in [1.54, 1.807) is 49.8 Å². The normalized spacial score (nSPS) is 12.8. The van der Waals surface area contributed by atoms with Crippen molar-refractivity contribution in [2.24, 2.45) is 22.0 Å². The molecule has 2 atom stereocenters. The lowest BCUT2D eigenvalue weighted by Gasteiger charge is -2.23. The summed E-state index contributed by atoms with van der Waals surface area (Å²) in [6.45, 7) is 19.4. The zero-order chi connectivity index (χ0) is 44.5. The number of hydrogen-bond acceptors (Lipinski definition) is 10. The lowest BCUT2D eigenvalue weighted by molar-refractivity contribution is -0.154. The number of alkyl carbamates (subject to hydrolysis) is 1. The number of carbonyl (C=O) groups is 5. The molecule has 0 bridgehead atoms. The molecule has 0 aliphatic rings. The van der Waals surface area contributed by atoms with Gasteiger partial charge < -0.3 is 41.2 Å². The van der Waals surface area contributed by atoms with Crippen molar-refractivity contribution >= 4 is 35.6 Å². The van der Waals surface area contributed by atoms with Gasteiger partial charge in [-0.2, -0.15) is 15.0 Å². The minimum absolute atomic E-state index is 0.0609. The number of aromatic nitrogens is 3. The number of carbonyl (C=O) groups excluding carboxylic acids is 5. The highest BCUT2D eigenvalue weighted by Gasteiger charge is 2.28. The first-order valence-electron chi connectivity index (χ1n) is 20.5. The van der Waals surface area contributed by atoms with Gasteiger partial charge in [0.25, 0.3) is 0 Å². The van der Waals surface area contributed by atoms with Gasteiger partial charge in [-0.3, -0.25) is 14.4 Å². The number of benzene rings is 2. The Bertz CT molecular complexity index is 1810. The molecular weight excluding hydrogens is 769 g/mol. The quantitative estimate of drug-likeness (QED) is 0.0673. The van der Waals surface area contributed by atoms with Gasteiger partial charge in [0, 0.05) is 18.7 Å². The minimum atomic E-state index is -1.11. The Hall–Kier alpha value is -5.51. The molecule has 0 aliphatic heterocycles. The van der Waals surface area contributed by atoms with E-state index in [1.165, 1.54) is 0 Å². The van der Waals surface area contributed by atoms with Gasteiger partial charge >= 0.3 is 18.1 Å². The Kier molecular flexibility index (Phi) is 18.5. The summed E-state index contributed by atoms with van der Waals surface area (Å²) in [4.78, 5) is 65.5. The zero-order valence-corrected chi connectivity index (χ0v) is 36.8. The van der Waals surface area contributed by atoms with Crippen LogP contribution in [-0.2, 0) is 61.0 Å². The molecule has 0 unspecified atom stereocenters. The molecule has 1 heterocycles. The highest BCUT2D eigenvalue weighted by molar-refractivity contribution is 5.98. The summed E-state index contributed by atoms with van der Waals surface area (Å²) >= 11 is 0. The minimum Gasteiger partial charge on any atom is -0.460 e. The molecule has 60 heavy (non-hydrogen) atoms. The number of nitrogens with two attached hydrogens (primary N) is 1. The SMILES string of the molecule is CC(C)(C)Cc1nn(CCOCCOC(=O)N[C@H](Cc2ccccc2)C(=O)N[C@@H](CCCNC(N)=O)C(=O)Nc2ccc(COC(=O)C(C)(C)C)cc2)nc1CC(C)(C)C. The second kappa shape index (κ2) is 22.7. The molecule has 0 radical (unpaired) electrons. The molecule has 3 aromatic rings. The highest BCUT2D eigenvalue weighted by Crippen LogP contribution is 2.26. The van der Waals surface area contributed by atoms with Gasteiger partial charge in [0.15, 0.2) is 0 Å². The molecule has 330 valence electrons. The van der Waals surface area contributed by atoms with Crippen molar-refractivity contribution in [2.45, 2.75) is 120 Å². The molecule has 1 aromatic heterocycles. The van der Waals surface area contributed by atoms with Crippen molar-refractivity contribution in [3.05, 3.63) is 77.1 Å². The van der Waals surface area contributed by atoms with Crippen LogP contribution < -0.4 is 27.0 Å². The maximum atomic E-state index is 13.8. The lowest BCUT2D eigenvalue weighted by atomic mass is 9.86. The standard InChI is InChI=1S/C44H66N8O8/c1-42(2,3)27-35-36(28-43(4,5)6)51-52(50-35)22-23-58-24-25-59-41(57)49-34(26-30-14-11-10-12-15-30)38(54)48-33(16-13-21-46-40(45)56)37(53)47-32-19-17-31(18-20-32)29-60-39(55)44(7,8)9/h10-12,14-15,17-20,33-34H,13,16,21-29H2,1-9H3,(H,47,53)(H,48,54)(H,49,57)(H3,45,46,56)/t33-,34+/m0/s1. The summed E-state index contributed by atoms with van der Waals surface area (Å²) in [5.74, 6) is -1.47. The van der Waals surface area contributed by atoms with Gasteiger partial charge in [-0.15, -0.1) is 0 Å². The van der Waals surface area contributed by atoms with Gasteiger partial charge in [-0.25, -0.2) is 9.59 Å². The third-order valence-corrected chi connectivity index (χ3v) is 8.79. The molecule has 0 saturated heterocycles. The molecule has 16 nitrogen and oxygen atoms in total. The van der Waals surface area contributed by atoms with E-state index >= 15 is 0 Å². The fraction of sp³-hybridized carbons (Fsp3) is 0.568. The van der Waals surface area contributed by atoms with Crippen LogP contribution in [0.3, 0.4) is 0 Å². The maximum Gasteiger partial charge on any atom is 0.407 e. The molecule has 0 aliphatic carbocycles. The molecule has 0 saturated carbocycles. The van der Waals surface area contributed by atoms with Gasteiger partial charge in [0.1, 0.15) is 25.3 Å². The van der Waals surface area contributed by atoms with Gasteiger partial charge in [-0.05, 0) is 80.5 Å². The Balaban J connectivity index is 1.61. The van der Waals surface area contributed by atoms with E-state index in [2.05, 4.69) is 62.8 Å². The van der Waals surface area contributed by atoms with E-state index in [1.807, 2.05) is 30.3 Å². The van der Waals surface area contributed by atoms with Crippen LogP contribution in [0.5, 0.6) is 0 Å². The fourth-order valence-corrected chi connectivity index (χ4v) is 5.82. The predicted octanol–water partition coefficient (Wildman–Crippen LogP) is 5.47. The van der Waals surface area contributed by atoms with Crippen molar-refractivity contribution in [3.8, 4) is 0 Å². The van der Waals surface area contributed by atoms with Crippen molar-refractivity contribution in [2.75, 3.05) is 31.7 Å². The largest absolute Gasteiger partial charge is 0.460 e. The smallest absolute Gasteiger partial charge is 0.407 e. The van der Waals surface area contributed by atoms with Crippen LogP contribution in [0.25, 0.3) is 0 Å². The summed E-state index contributed by atoms with van der Waals surface area (Å²) in [5.41, 5.74) is 8.61. The number of urea groups is 1. The Labute approximate surface area is 354 Å². The van der Waals surface area contributed by atoms with Crippen LogP contribution >= 0.6 is 0 Å². The molecule has 0 fully saturated rings. The average Bonchev–Trinajstić information content (AvgIpc) is 3.50. The number of hydrogen-bond donors (Lipinski definition) is 5. The van der Waals surface area contributed by atoms with E-state index in [9.17, 15) is 24.0 Å². The average molecular weight is 835 g/mol. The van der Waals surface area contributed by atoms with Crippen molar-refractivity contribution in [1.29, 1.82) is 0 Å². The van der Waals surface area contributed by atoms with Crippen LogP contribution in [0.1, 0.15) is 97.7 Å². The summed E-state index contributed by atoms with van der Waals surface area (Å²) in [7, 11) is 0. The lowest BCUT2D eigenvalue weighted by Crippen LogP contribution is -2.53. The number of rotatable bonds is 21. The molecule has 6 N–H and O–H groups in total. The second-order valence-electron chi connectivity index (χ2n) is 18.3. The number of amides is 5. The van der Waals surface area contributed by atoms with Crippen molar-refractivity contribution in [1.82, 2.24) is 30.9 Å². The number of esters is 1. The number of nitrogens with one attached hydrogen (secondary N) is 4. The molecule has 3 rings (SSSR count). The van der Waals surface area contributed by atoms with E-state index in [4.69, 9.17) is 30.1 Å². The van der Waals surface area contributed by atoms with Crippen LogP contribution in [-0.4, -0.2) is 83.4 Å². The first kappa shape index (κ1) is 48.9. The van der Waals surface area contributed by atoms with E-state index < -0.39 is 41.4 Å². The molecule has 5 amide bonds. The van der Waals surface area contributed by atoms with E-state index in [0.717, 1.165) is 35.4 Å². The summed E-state index contributed by atoms with van der Waals surface area (Å²) in [6, 6.07) is 13.0. The van der Waals surface area contributed by atoms with Crippen molar-refractivity contribution < 1.29 is 38.2 Å². The topological polar surface area (TPSA) is 218 Å². The monoisotopic (exact) mass is 835 g/mol. The Morgan fingerprint density at radius 3 is 1.90 bits per heavy atom. The third-order valence-electron chi connectivity index (χ3n) is 8.79. The van der Waals surface area contributed by atoms with Gasteiger partial charge in [0.2, 0.25) is 11.8 Å². The van der Waals surface area contributed by atoms with Crippen LogP contribution in [0.15, 0.2) is 54.6 Å². The highest BCUT2D eigenvalue weighted by atomic mass is 16.6. The summed E-state index contributed by atoms with van der Waals surface area (Å²) < 4.78 is 16.5. The summed E-state index contributed by atoms with van der Waals surface area (Å²) in [6.07, 6.45) is 1.35. The third kappa shape index (κ3) is 19.0. The van der Waals surface area contributed by atoms with E-state index in [-0.39, 0.29) is 56.0 Å². The number of nitrogens with zero attached hydrogens (tertiary/aromatic N) is 3. The molecule has 16 heteroatoms. The first-order valence-corrected chi connectivity index (χ1v) is 20.5. The summed E-state index contributed by atoms with van der Waals surface area (Å²) in [5, 5.41) is 20.2. The van der Waals surface area contributed by atoms with Crippen LogP contribution in [0.2, 0.25) is 0 Å². The zero-order valence-electron chi connectivity index (χ0n) is 36.8. The van der Waals surface area contributed by atoms with Crippen molar-refractivity contribution in [3.63, 3.8) is 0 Å². The number of ether oxygens (including phenoxy) is 3. The second-order valence-corrected chi connectivity index (χ2v) is 18.3.